The number of amides is 1. The number of hydrogen-bond acceptors (Lipinski definition) is 3. The summed E-state index contributed by atoms with van der Waals surface area (Å²) in [6, 6.07) is 15.4. The molecule has 0 spiro atoms. The van der Waals surface area contributed by atoms with E-state index in [1.165, 1.54) is 6.08 Å². The second-order valence-corrected chi connectivity index (χ2v) is 5.13. The van der Waals surface area contributed by atoms with E-state index in [1.54, 1.807) is 48.5 Å². The Hall–Kier alpha value is -2.40. The summed E-state index contributed by atoms with van der Waals surface area (Å²) >= 11 is 3.27. The predicted octanol–water partition coefficient (Wildman–Crippen LogP) is 1.97. The number of nitrogens with one attached hydrogen (secondary N) is 1. The Morgan fingerprint density at radius 2 is 1.62 bits per heavy atom. The zero-order chi connectivity index (χ0) is 15.2. The fraction of sp³-hybridized carbons (Fsp3) is 0. The Morgan fingerprint density at radius 1 is 1.00 bits per heavy atom. The van der Waals surface area contributed by atoms with Gasteiger partial charge in [-0.2, -0.15) is 0 Å². The molecule has 0 aliphatic rings. The van der Waals surface area contributed by atoms with Crippen molar-refractivity contribution in [1.82, 2.24) is 5.32 Å². The Bertz CT molecular complexity index is 678. The van der Waals surface area contributed by atoms with Crippen LogP contribution in [0.1, 0.15) is 15.9 Å². The normalized spacial score (nSPS) is 11.0. The van der Waals surface area contributed by atoms with E-state index in [2.05, 4.69) is 21.2 Å². The van der Waals surface area contributed by atoms with Crippen LogP contribution in [0.5, 0.6) is 0 Å². The van der Waals surface area contributed by atoms with Crippen molar-refractivity contribution in [2.45, 2.75) is 0 Å². The van der Waals surface area contributed by atoms with E-state index in [0.717, 1.165) is 4.47 Å². The molecule has 0 unspecified atom stereocenters. The van der Waals surface area contributed by atoms with E-state index in [9.17, 15) is 14.7 Å². The summed E-state index contributed by atoms with van der Waals surface area (Å²) in [4.78, 5) is 23.1. The minimum Gasteiger partial charge on any atom is -0.543 e. The number of carboxylic acid groups (broad SMARTS) is 1. The van der Waals surface area contributed by atoms with E-state index < -0.39 is 11.9 Å². The number of benzene rings is 2. The van der Waals surface area contributed by atoms with Crippen molar-refractivity contribution in [2.24, 2.45) is 0 Å². The average Bonchev–Trinajstić information content (AvgIpc) is 2.48. The highest BCUT2D eigenvalue weighted by Gasteiger charge is 2.08. The van der Waals surface area contributed by atoms with Crippen LogP contribution in [0.3, 0.4) is 0 Å². The fourth-order valence-electron chi connectivity index (χ4n) is 1.66. The van der Waals surface area contributed by atoms with Gasteiger partial charge in [-0.15, -0.1) is 0 Å². The number of carboxylic acids is 1. The molecule has 0 saturated carbocycles. The lowest BCUT2D eigenvalue weighted by Gasteiger charge is -2.11. The van der Waals surface area contributed by atoms with Gasteiger partial charge in [0.1, 0.15) is 0 Å². The van der Waals surface area contributed by atoms with Gasteiger partial charge in [0.15, 0.2) is 0 Å². The highest BCUT2D eigenvalue weighted by Crippen LogP contribution is 2.11. The van der Waals surface area contributed by atoms with Crippen LogP contribution in [0.15, 0.2) is 64.8 Å². The molecule has 2 rings (SSSR count). The topological polar surface area (TPSA) is 69.2 Å². The summed E-state index contributed by atoms with van der Waals surface area (Å²) in [6.45, 7) is 0. The molecule has 1 amide bonds. The summed E-state index contributed by atoms with van der Waals surface area (Å²) < 4.78 is 0.832. The van der Waals surface area contributed by atoms with Crippen LogP contribution in [-0.2, 0) is 4.79 Å². The SMILES string of the molecule is O=C([O-])/C(=C/c1ccccc1)NC(=O)c1ccc(Br)cc1. The average molecular weight is 345 g/mol. The van der Waals surface area contributed by atoms with Gasteiger partial charge < -0.3 is 15.2 Å². The molecule has 2 aromatic rings. The van der Waals surface area contributed by atoms with Crippen molar-refractivity contribution in [2.75, 3.05) is 0 Å². The molecule has 2 aromatic carbocycles. The lowest BCUT2D eigenvalue weighted by atomic mass is 10.1. The zero-order valence-corrected chi connectivity index (χ0v) is 12.5. The number of halogens is 1. The summed E-state index contributed by atoms with van der Waals surface area (Å²) in [5.41, 5.74) is 0.736. The molecule has 0 aliphatic carbocycles. The quantitative estimate of drug-likeness (QED) is 0.862. The maximum atomic E-state index is 12.0. The van der Waals surface area contributed by atoms with Crippen molar-refractivity contribution in [3.8, 4) is 0 Å². The largest absolute Gasteiger partial charge is 0.543 e. The van der Waals surface area contributed by atoms with Crippen molar-refractivity contribution in [1.29, 1.82) is 0 Å². The molecule has 0 atom stereocenters. The van der Waals surface area contributed by atoms with Gasteiger partial charge in [0.2, 0.25) is 0 Å². The molecule has 0 radical (unpaired) electrons. The molecule has 1 N–H and O–H groups in total. The van der Waals surface area contributed by atoms with Crippen LogP contribution in [0.25, 0.3) is 6.08 Å². The second-order valence-electron chi connectivity index (χ2n) is 4.22. The lowest BCUT2D eigenvalue weighted by Crippen LogP contribution is -2.35. The van der Waals surface area contributed by atoms with Crippen molar-refractivity contribution in [3.05, 3.63) is 75.9 Å². The molecule has 106 valence electrons. The third-order valence-electron chi connectivity index (χ3n) is 2.69. The number of rotatable bonds is 4. The highest BCUT2D eigenvalue weighted by molar-refractivity contribution is 9.10. The fourth-order valence-corrected chi connectivity index (χ4v) is 1.92. The standard InChI is InChI=1S/C16H12BrNO3/c17-13-8-6-12(7-9-13)15(19)18-14(16(20)21)10-11-4-2-1-3-5-11/h1-10H,(H,18,19)(H,20,21)/p-1/b14-10-. The van der Waals surface area contributed by atoms with E-state index in [1.807, 2.05) is 6.07 Å². The van der Waals surface area contributed by atoms with Gasteiger partial charge >= 0.3 is 0 Å². The summed E-state index contributed by atoms with van der Waals surface area (Å²) in [5, 5.41) is 13.5. The lowest BCUT2D eigenvalue weighted by molar-refractivity contribution is -0.299. The highest BCUT2D eigenvalue weighted by atomic mass is 79.9. The van der Waals surface area contributed by atoms with Gasteiger partial charge in [0.25, 0.3) is 5.91 Å². The number of carbonyl (C=O) groups is 2. The van der Waals surface area contributed by atoms with Gasteiger partial charge in [0, 0.05) is 10.0 Å². The molecule has 21 heavy (non-hydrogen) atoms. The first-order valence-electron chi connectivity index (χ1n) is 6.11. The number of hydrogen-bond donors (Lipinski definition) is 1. The second kappa shape index (κ2) is 6.85. The van der Waals surface area contributed by atoms with E-state index in [-0.39, 0.29) is 5.70 Å². The van der Waals surface area contributed by atoms with E-state index in [4.69, 9.17) is 0 Å². The van der Waals surface area contributed by atoms with Gasteiger partial charge in [-0.3, -0.25) is 4.79 Å². The van der Waals surface area contributed by atoms with Crippen LogP contribution in [0.2, 0.25) is 0 Å². The molecule has 5 heteroatoms. The minimum absolute atomic E-state index is 0.283. The number of carbonyl (C=O) groups excluding carboxylic acids is 2. The van der Waals surface area contributed by atoms with Crippen LogP contribution >= 0.6 is 15.9 Å². The van der Waals surface area contributed by atoms with Gasteiger partial charge in [0.05, 0.1) is 11.7 Å². The van der Waals surface area contributed by atoms with Crippen LogP contribution < -0.4 is 10.4 Å². The molecular formula is C16H11BrNO3-. The first-order chi connectivity index (χ1) is 10.1. The summed E-state index contributed by atoms with van der Waals surface area (Å²) in [5.74, 6) is -1.95. The Morgan fingerprint density at radius 3 is 2.19 bits per heavy atom. The molecule has 0 heterocycles. The first kappa shape index (κ1) is 15.0. The number of aliphatic carboxylic acids is 1. The van der Waals surface area contributed by atoms with Crippen molar-refractivity contribution in [3.63, 3.8) is 0 Å². The molecule has 0 saturated heterocycles. The van der Waals surface area contributed by atoms with Gasteiger partial charge in [-0.1, -0.05) is 46.3 Å². The summed E-state index contributed by atoms with van der Waals surface area (Å²) in [6.07, 6.45) is 1.35. The van der Waals surface area contributed by atoms with E-state index in [0.29, 0.717) is 11.1 Å². The smallest absolute Gasteiger partial charge is 0.255 e. The predicted molar refractivity (Wildman–Crippen MR) is 81.0 cm³/mol. The Balaban J connectivity index is 2.21. The van der Waals surface area contributed by atoms with Crippen molar-refractivity contribution >= 4 is 33.9 Å². The molecule has 0 aliphatic heterocycles. The maximum absolute atomic E-state index is 12.0. The molecule has 4 nitrogen and oxygen atoms in total. The summed E-state index contributed by atoms with van der Waals surface area (Å²) in [7, 11) is 0. The Labute approximate surface area is 130 Å². The van der Waals surface area contributed by atoms with E-state index >= 15 is 0 Å². The molecule has 0 bridgehead atoms. The van der Waals surface area contributed by atoms with Gasteiger partial charge in [-0.25, -0.2) is 0 Å². The Kier molecular flexibility index (Phi) is 4.90. The third kappa shape index (κ3) is 4.29. The zero-order valence-electron chi connectivity index (χ0n) is 10.9. The van der Waals surface area contributed by atoms with Gasteiger partial charge in [-0.05, 0) is 35.9 Å². The monoisotopic (exact) mass is 344 g/mol. The molecule has 0 fully saturated rings. The molecule has 0 aromatic heterocycles. The maximum Gasteiger partial charge on any atom is 0.255 e. The first-order valence-corrected chi connectivity index (χ1v) is 6.90. The molecular weight excluding hydrogens is 334 g/mol. The van der Waals surface area contributed by atoms with Crippen LogP contribution in [0.4, 0.5) is 0 Å². The van der Waals surface area contributed by atoms with Crippen LogP contribution in [-0.4, -0.2) is 11.9 Å². The van der Waals surface area contributed by atoms with Crippen LogP contribution in [0, 0.1) is 0 Å². The van der Waals surface area contributed by atoms with Crippen molar-refractivity contribution < 1.29 is 14.7 Å². The minimum atomic E-state index is -1.44. The third-order valence-corrected chi connectivity index (χ3v) is 3.21.